The fourth-order valence-electron chi connectivity index (χ4n) is 1.64. The highest BCUT2D eigenvalue weighted by Gasteiger charge is 2.34. The van der Waals surface area contributed by atoms with Gasteiger partial charge in [0.25, 0.3) is 0 Å². The summed E-state index contributed by atoms with van der Waals surface area (Å²) in [5.41, 5.74) is -0.379. The maximum atomic E-state index is 12.9. The topological polar surface area (TPSA) is 12.0 Å². The van der Waals surface area contributed by atoms with Gasteiger partial charge in [0, 0.05) is 10.5 Å². The second-order valence-corrected chi connectivity index (χ2v) is 4.51. The van der Waals surface area contributed by atoms with E-state index in [1.807, 2.05) is 0 Å². The molecule has 0 amide bonds. The third-order valence-corrected chi connectivity index (χ3v) is 2.94. The van der Waals surface area contributed by atoms with Gasteiger partial charge in [-0.15, -0.1) is 6.58 Å². The highest BCUT2D eigenvalue weighted by Crippen LogP contribution is 2.37. The van der Waals surface area contributed by atoms with Crippen LogP contribution in [0.3, 0.4) is 0 Å². The summed E-state index contributed by atoms with van der Waals surface area (Å²) < 4.78 is 39.1. The molecule has 0 aliphatic rings. The van der Waals surface area contributed by atoms with Crippen LogP contribution in [0.25, 0.3) is 0 Å². The summed E-state index contributed by atoms with van der Waals surface area (Å²) in [5, 5.41) is 2.86. The normalized spacial score (nSPS) is 13.5. The molecule has 0 saturated carbocycles. The molecule has 1 rings (SSSR count). The van der Waals surface area contributed by atoms with Gasteiger partial charge in [-0.25, -0.2) is 0 Å². The van der Waals surface area contributed by atoms with E-state index in [4.69, 9.17) is 0 Å². The predicted molar refractivity (Wildman–Crippen MR) is 65.8 cm³/mol. The number of benzene rings is 1. The Morgan fingerprint density at radius 1 is 1.47 bits per heavy atom. The van der Waals surface area contributed by atoms with Crippen molar-refractivity contribution in [3.8, 4) is 0 Å². The lowest BCUT2D eigenvalue weighted by atomic mass is 9.97. The zero-order valence-corrected chi connectivity index (χ0v) is 10.9. The Hall–Kier alpha value is -0.810. The fraction of sp³-hybridized carbons (Fsp3) is 0.333. The smallest absolute Gasteiger partial charge is 0.313 e. The minimum absolute atomic E-state index is 0.239. The summed E-state index contributed by atoms with van der Waals surface area (Å²) in [5.74, 6) is 0. The summed E-state index contributed by atoms with van der Waals surface area (Å²) in [6, 6.07) is 3.82. The molecular weight excluding hydrogens is 295 g/mol. The maximum Gasteiger partial charge on any atom is 0.416 e. The first-order valence-electron chi connectivity index (χ1n) is 5.05. The van der Waals surface area contributed by atoms with Crippen molar-refractivity contribution in [2.24, 2.45) is 0 Å². The number of halogens is 4. The van der Waals surface area contributed by atoms with E-state index in [9.17, 15) is 13.2 Å². The van der Waals surface area contributed by atoms with Crippen molar-refractivity contribution in [2.75, 3.05) is 7.05 Å². The molecule has 0 radical (unpaired) electrons. The number of nitrogens with one attached hydrogen (secondary N) is 1. The van der Waals surface area contributed by atoms with Crippen molar-refractivity contribution >= 4 is 15.9 Å². The van der Waals surface area contributed by atoms with Gasteiger partial charge in [-0.3, -0.25) is 0 Å². The average Bonchev–Trinajstić information content (AvgIpc) is 2.25. The van der Waals surface area contributed by atoms with Gasteiger partial charge >= 0.3 is 6.18 Å². The predicted octanol–water partition coefficient (Wildman–Crippen LogP) is 4.30. The molecule has 5 heteroatoms. The number of hydrogen-bond donors (Lipinski definition) is 1. The van der Waals surface area contributed by atoms with Gasteiger partial charge in [-0.1, -0.05) is 28.1 Å². The van der Waals surface area contributed by atoms with E-state index in [0.717, 1.165) is 6.07 Å². The lowest BCUT2D eigenvalue weighted by Crippen LogP contribution is -2.20. The minimum atomic E-state index is -4.35. The van der Waals surface area contributed by atoms with Gasteiger partial charge in [-0.2, -0.15) is 13.2 Å². The second-order valence-electron chi connectivity index (χ2n) is 3.59. The van der Waals surface area contributed by atoms with Crippen molar-refractivity contribution in [3.05, 3.63) is 46.5 Å². The molecule has 1 unspecified atom stereocenters. The number of alkyl halides is 3. The fourth-order valence-corrected chi connectivity index (χ4v) is 2.01. The largest absolute Gasteiger partial charge is 0.416 e. The lowest BCUT2D eigenvalue weighted by molar-refractivity contribution is -0.138. The molecule has 0 fully saturated rings. The molecule has 0 aliphatic carbocycles. The SMILES string of the molecule is C=CCC(NC)c1ccc(Br)cc1C(F)(F)F. The van der Waals surface area contributed by atoms with Crippen molar-refractivity contribution in [1.29, 1.82) is 0 Å². The van der Waals surface area contributed by atoms with Crippen LogP contribution in [0.15, 0.2) is 35.3 Å². The van der Waals surface area contributed by atoms with E-state index in [0.29, 0.717) is 10.9 Å². The highest BCUT2D eigenvalue weighted by molar-refractivity contribution is 9.10. The van der Waals surface area contributed by atoms with E-state index < -0.39 is 11.7 Å². The molecule has 1 aromatic carbocycles. The number of rotatable bonds is 4. The number of hydrogen-bond acceptors (Lipinski definition) is 1. The molecule has 0 aromatic heterocycles. The Labute approximate surface area is 107 Å². The molecule has 0 bridgehead atoms. The quantitative estimate of drug-likeness (QED) is 0.818. The summed E-state index contributed by atoms with van der Waals surface area (Å²) in [7, 11) is 1.64. The molecule has 1 atom stereocenters. The Balaban J connectivity index is 3.26. The Morgan fingerprint density at radius 3 is 2.59 bits per heavy atom. The highest BCUT2D eigenvalue weighted by atomic mass is 79.9. The van der Waals surface area contributed by atoms with Crippen LogP contribution in [0.5, 0.6) is 0 Å². The van der Waals surface area contributed by atoms with E-state index in [1.54, 1.807) is 19.2 Å². The molecule has 0 aliphatic heterocycles. The van der Waals surface area contributed by atoms with Crippen LogP contribution >= 0.6 is 15.9 Å². The molecular formula is C12H13BrF3N. The molecule has 0 spiro atoms. The first kappa shape index (κ1) is 14.3. The van der Waals surface area contributed by atoms with E-state index >= 15 is 0 Å². The van der Waals surface area contributed by atoms with E-state index in [-0.39, 0.29) is 11.6 Å². The van der Waals surface area contributed by atoms with Crippen molar-refractivity contribution < 1.29 is 13.2 Å². The van der Waals surface area contributed by atoms with Gasteiger partial charge in [0.05, 0.1) is 5.56 Å². The first-order chi connectivity index (χ1) is 7.90. The van der Waals surface area contributed by atoms with Crippen molar-refractivity contribution in [1.82, 2.24) is 5.32 Å². The molecule has 0 saturated heterocycles. The summed E-state index contributed by atoms with van der Waals surface area (Å²) in [6.45, 7) is 3.55. The summed E-state index contributed by atoms with van der Waals surface area (Å²) in [6.07, 6.45) is -2.31. The third-order valence-electron chi connectivity index (χ3n) is 2.45. The summed E-state index contributed by atoms with van der Waals surface area (Å²) in [4.78, 5) is 0. The van der Waals surface area contributed by atoms with Crippen LogP contribution in [0, 0.1) is 0 Å². The molecule has 1 aromatic rings. The first-order valence-corrected chi connectivity index (χ1v) is 5.84. The molecule has 0 heterocycles. The van der Waals surface area contributed by atoms with Crippen LogP contribution in [-0.4, -0.2) is 7.05 Å². The molecule has 17 heavy (non-hydrogen) atoms. The molecule has 1 nitrogen and oxygen atoms in total. The van der Waals surface area contributed by atoms with Crippen LogP contribution in [0.4, 0.5) is 13.2 Å². The lowest BCUT2D eigenvalue weighted by Gasteiger charge is -2.20. The van der Waals surface area contributed by atoms with Crippen LogP contribution in [0.2, 0.25) is 0 Å². The average molecular weight is 308 g/mol. The van der Waals surface area contributed by atoms with Crippen LogP contribution < -0.4 is 5.32 Å². The Kier molecular flexibility index (Phi) is 4.77. The van der Waals surface area contributed by atoms with Crippen LogP contribution in [0.1, 0.15) is 23.6 Å². The van der Waals surface area contributed by atoms with Gasteiger partial charge in [0.1, 0.15) is 0 Å². The second kappa shape index (κ2) is 5.69. The molecule has 94 valence electrons. The van der Waals surface area contributed by atoms with E-state index in [1.165, 1.54) is 6.07 Å². The van der Waals surface area contributed by atoms with Gasteiger partial charge < -0.3 is 5.32 Å². The minimum Gasteiger partial charge on any atom is -0.313 e. The van der Waals surface area contributed by atoms with Crippen molar-refractivity contribution in [3.63, 3.8) is 0 Å². The molecule has 1 N–H and O–H groups in total. The van der Waals surface area contributed by atoms with Gasteiger partial charge in [-0.05, 0) is 31.2 Å². The van der Waals surface area contributed by atoms with E-state index in [2.05, 4.69) is 27.8 Å². The van der Waals surface area contributed by atoms with Gasteiger partial charge in [0.2, 0.25) is 0 Å². The zero-order valence-electron chi connectivity index (χ0n) is 9.31. The Morgan fingerprint density at radius 2 is 2.12 bits per heavy atom. The van der Waals surface area contributed by atoms with Crippen LogP contribution in [-0.2, 0) is 6.18 Å². The Bertz CT molecular complexity index is 401. The monoisotopic (exact) mass is 307 g/mol. The van der Waals surface area contributed by atoms with Gasteiger partial charge in [0.15, 0.2) is 0 Å². The summed E-state index contributed by atoms with van der Waals surface area (Å²) >= 11 is 3.06. The maximum absolute atomic E-state index is 12.9. The standard InChI is InChI=1S/C12H13BrF3N/c1-3-4-11(17-2)9-6-5-8(13)7-10(9)12(14,15)16/h3,5-7,11,17H,1,4H2,2H3. The zero-order chi connectivity index (χ0) is 13.1. The van der Waals surface area contributed by atoms with Crippen molar-refractivity contribution in [2.45, 2.75) is 18.6 Å². The third kappa shape index (κ3) is 3.57.